The van der Waals surface area contributed by atoms with E-state index in [-0.39, 0.29) is 36.2 Å². The first-order valence-electron chi connectivity index (χ1n) is 11.1. The number of benzene rings is 1. The SMILES string of the molecule is Cc1cc(OC[C@H]2c3ccsc3CCN2C(=O)CN(C(=O)c2ccco2)C2CC2)ccc1Cl. The molecule has 0 bridgehead atoms. The van der Waals surface area contributed by atoms with Crippen molar-refractivity contribution in [2.45, 2.75) is 38.3 Å². The maximum Gasteiger partial charge on any atom is 0.290 e. The molecule has 3 aromatic rings. The van der Waals surface area contributed by atoms with E-state index in [9.17, 15) is 9.59 Å². The standard InChI is InChI=1S/C25H25ClN2O4S/c1-16-13-18(6-7-20(16)26)32-15-21-19-9-12-33-23(19)8-10-27(21)24(29)14-28(17-4-5-17)25(30)22-3-2-11-31-22/h2-3,6-7,9,11-13,17,21H,4-5,8,10,14-15H2,1H3/t21-/m0/s1. The molecule has 6 nitrogen and oxygen atoms in total. The molecule has 3 heterocycles. The van der Waals surface area contributed by atoms with Crippen LogP contribution in [0.4, 0.5) is 0 Å². The molecule has 0 spiro atoms. The van der Waals surface area contributed by atoms with Crippen LogP contribution in [0.3, 0.4) is 0 Å². The molecule has 2 aromatic heterocycles. The summed E-state index contributed by atoms with van der Waals surface area (Å²) in [5.41, 5.74) is 2.07. The number of halogens is 1. The average molecular weight is 485 g/mol. The number of ether oxygens (including phenoxy) is 1. The molecular formula is C25H25ClN2O4S. The van der Waals surface area contributed by atoms with Gasteiger partial charge in [0.25, 0.3) is 5.91 Å². The van der Waals surface area contributed by atoms with Gasteiger partial charge in [-0.25, -0.2) is 0 Å². The summed E-state index contributed by atoms with van der Waals surface area (Å²) >= 11 is 7.86. The van der Waals surface area contributed by atoms with E-state index >= 15 is 0 Å². The lowest BCUT2D eigenvalue weighted by Crippen LogP contribution is -2.48. The lowest BCUT2D eigenvalue weighted by molar-refractivity contribution is -0.135. The predicted molar refractivity (Wildman–Crippen MR) is 127 cm³/mol. The van der Waals surface area contributed by atoms with Gasteiger partial charge in [-0.3, -0.25) is 9.59 Å². The second kappa shape index (κ2) is 9.23. The Balaban J connectivity index is 1.34. The van der Waals surface area contributed by atoms with Crippen LogP contribution in [-0.4, -0.2) is 47.4 Å². The Morgan fingerprint density at radius 3 is 2.85 bits per heavy atom. The van der Waals surface area contributed by atoms with Crippen molar-refractivity contribution in [2.75, 3.05) is 19.7 Å². The zero-order valence-electron chi connectivity index (χ0n) is 18.3. The summed E-state index contributed by atoms with van der Waals surface area (Å²) in [5, 5.41) is 2.76. The van der Waals surface area contributed by atoms with Crippen molar-refractivity contribution in [3.63, 3.8) is 0 Å². The number of aryl methyl sites for hydroxylation is 1. The van der Waals surface area contributed by atoms with Crippen LogP contribution in [0.2, 0.25) is 5.02 Å². The van der Waals surface area contributed by atoms with Crippen LogP contribution in [0.25, 0.3) is 0 Å². The van der Waals surface area contributed by atoms with Gasteiger partial charge in [0, 0.05) is 22.5 Å². The van der Waals surface area contributed by atoms with Gasteiger partial charge in [0.2, 0.25) is 5.91 Å². The first-order valence-corrected chi connectivity index (χ1v) is 12.4. The molecule has 172 valence electrons. The molecule has 1 aromatic carbocycles. The molecule has 33 heavy (non-hydrogen) atoms. The minimum absolute atomic E-state index is 0.0419. The fraction of sp³-hybridized carbons (Fsp3) is 0.360. The monoisotopic (exact) mass is 484 g/mol. The number of thiophene rings is 1. The molecule has 0 saturated heterocycles. The number of hydrogen-bond acceptors (Lipinski definition) is 5. The summed E-state index contributed by atoms with van der Waals surface area (Å²) in [6.45, 7) is 2.92. The quantitative estimate of drug-likeness (QED) is 0.467. The van der Waals surface area contributed by atoms with Crippen molar-refractivity contribution < 1.29 is 18.7 Å². The van der Waals surface area contributed by atoms with Gasteiger partial charge < -0.3 is 19.0 Å². The molecule has 5 rings (SSSR count). The molecule has 0 N–H and O–H groups in total. The van der Waals surface area contributed by atoms with E-state index in [2.05, 4.69) is 11.4 Å². The number of carbonyl (C=O) groups excluding carboxylic acids is 2. The van der Waals surface area contributed by atoms with Crippen LogP contribution in [0.1, 0.15) is 45.4 Å². The molecule has 2 amide bonds. The van der Waals surface area contributed by atoms with Gasteiger partial charge in [0.05, 0.1) is 12.3 Å². The first-order chi connectivity index (χ1) is 16.0. The van der Waals surface area contributed by atoms with E-state index in [1.165, 1.54) is 11.1 Å². The minimum Gasteiger partial charge on any atom is -0.491 e. The summed E-state index contributed by atoms with van der Waals surface area (Å²) in [4.78, 5) is 31.2. The fourth-order valence-corrected chi connectivity index (χ4v) is 5.33. The number of carbonyl (C=O) groups is 2. The Morgan fingerprint density at radius 1 is 1.27 bits per heavy atom. The van der Waals surface area contributed by atoms with Crippen molar-refractivity contribution in [1.29, 1.82) is 0 Å². The lowest BCUT2D eigenvalue weighted by atomic mass is 10.0. The number of fused-ring (bicyclic) bond motifs is 1. The van der Waals surface area contributed by atoms with Crippen molar-refractivity contribution in [3.05, 3.63) is 74.8 Å². The van der Waals surface area contributed by atoms with Gasteiger partial charge in [-0.15, -0.1) is 11.3 Å². The highest BCUT2D eigenvalue weighted by atomic mass is 35.5. The van der Waals surface area contributed by atoms with Crippen LogP contribution < -0.4 is 4.74 Å². The average Bonchev–Trinajstić information content (AvgIpc) is 3.29. The molecule has 1 aliphatic heterocycles. The molecule has 0 unspecified atom stereocenters. The van der Waals surface area contributed by atoms with Crippen molar-refractivity contribution >= 4 is 34.8 Å². The summed E-state index contributed by atoms with van der Waals surface area (Å²) in [7, 11) is 0. The van der Waals surface area contributed by atoms with Gasteiger partial charge >= 0.3 is 0 Å². The fourth-order valence-electron chi connectivity index (χ4n) is 4.29. The molecule has 2 aliphatic rings. The second-order valence-corrected chi connectivity index (χ2v) is 9.92. The third kappa shape index (κ3) is 4.66. The molecular weight excluding hydrogens is 460 g/mol. The van der Waals surface area contributed by atoms with E-state index in [1.807, 2.05) is 30.0 Å². The van der Waals surface area contributed by atoms with Crippen LogP contribution >= 0.6 is 22.9 Å². The zero-order chi connectivity index (χ0) is 22.9. The second-order valence-electron chi connectivity index (χ2n) is 8.52. The smallest absolute Gasteiger partial charge is 0.290 e. The Kier molecular flexibility index (Phi) is 6.17. The molecule has 1 saturated carbocycles. The first kappa shape index (κ1) is 22.0. The molecule has 1 aliphatic carbocycles. The number of furan rings is 1. The van der Waals surface area contributed by atoms with Crippen molar-refractivity contribution in [3.8, 4) is 5.75 Å². The molecule has 1 atom stereocenters. The van der Waals surface area contributed by atoms with E-state index in [1.54, 1.807) is 28.4 Å². The summed E-state index contributed by atoms with van der Waals surface area (Å²) in [6, 6.07) is 10.9. The van der Waals surface area contributed by atoms with Crippen LogP contribution in [-0.2, 0) is 11.2 Å². The Bertz CT molecular complexity index is 1160. The lowest BCUT2D eigenvalue weighted by Gasteiger charge is -2.37. The van der Waals surface area contributed by atoms with Crippen LogP contribution in [0, 0.1) is 6.92 Å². The number of nitrogens with zero attached hydrogens (tertiary/aromatic N) is 2. The van der Waals surface area contributed by atoms with Gasteiger partial charge in [-0.2, -0.15) is 0 Å². The van der Waals surface area contributed by atoms with E-state index in [4.69, 9.17) is 20.8 Å². The summed E-state index contributed by atoms with van der Waals surface area (Å²) in [6.07, 6.45) is 4.12. The van der Waals surface area contributed by atoms with Gasteiger partial charge in [0.15, 0.2) is 5.76 Å². The van der Waals surface area contributed by atoms with Gasteiger partial charge in [-0.1, -0.05) is 11.6 Å². The Hall–Kier alpha value is -2.77. The highest BCUT2D eigenvalue weighted by Gasteiger charge is 2.38. The van der Waals surface area contributed by atoms with Gasteiger partial charge in [-0.05, 0) is 79.1 Å². The summed E-state index contributed by atoms with van der Waals surface area (Å²) in [5.74, 6) is 0.693. The van der Waals surface area contributed by atoms with E-state index < -0.39 is 0 Å². The largest absolute Gasteiger partial charge is 0.491 e. The minimum atomic E-state index is -0.228. The highest BCUT2D eigenvalue weighted by molar-refractivity contribution is 7.10. The molecule has 1 fully saturated rings. The van der Waals surface area contributed by atoms with Crippen LogP contribution in [0.5, 0.6) is 5.75 Å². The topological polar surface area (TPSA) is 63.0 Å². The number of amides is 2. The normalized spacial score (nSPS) is 17.5. The molecule has 8 heteroatoms. The Labute approximate surface area is 201 Å². The third-order valence-electron chi connectivity index (χ3n) is 6.24. The number of hydrogen-bond donors (Lipinski definition) is 0. The maximum absolute atomic E-state index is 13.5. The Morgan fingerprint density at radius 2 is 2.12 bits per heavy atom. The van der Waals surface area contributed by atoms with Crippen molar-refractivity contribution in [1.82, 2.24) is 9.80 Å². The molecule has 0 radical (unpaired) electrons. The van der Waals surface area contributed by atoms with Crippen LogP contribution in [0.15, 0.2) is 52.5 Å². The zero-order valence-corrected chi connectivity index (χ0v) is 19.9. The third-order valence-corrected chi connectivity index (χ3v) is 7.66. The number of rotatable bonds is 7. The van der Waals surface area contributed by atoms with Gasteiger partial charge in [0.1, 0.15) is 18.9 Å². The highest BCUT2D eigenvalue weighted by Crippen LogP contribution is 2.35. The summed E-state index contributed by atoms with van der Waals surface area (Å²) < 4.78 is 11.4. The van der Waals surface area contributed by atoms with E-state index in [0.717, 1.165) is 36.1 Å². The maximum atomic E-state index is 13.5. The van der Waals surface area contributed by atoms with Crippen molar-refractivity contribution in [2.24, 2.45) is 0 Å². The predicted octanol–water partition coefficient (Wildman–Crippen LogP) is 5.11. The van der Waals surface area contributed by atoms with E-state index in [0.29, 0.717) is 18.2 Å².